The molecule has 0 N–H and O–H groups in total. The third-order valence-electron chi connectivity index (χ3n) is 6.45. The zero-order valence-corrected chi connectivity index (χ0v) is 20.9. The molecule has 2 aromatic heterocycles. The normalized spacial score (nSPS) is 19.8. The molecule has 1 atom stereocenters. The van der Waals surface area contributed by atoms with Gasteiger partial charge >= 0.3 is 0 Å². The highest BCUT2D eigenvalue weighted by atomic mass is 32.2. The van der Waals surface area contributed by atoms with Gasteiger partial charge in [-0.15, -0.1) is 5.10 Å². The lowest BCUT2D eigenvalue weighted by atomic mass is 9.94. The lowest BCUT2D eigenvalue weighted by molar-refractivity contribution is 0.214. The van der Waals surface area contributed by atoms with Gasteiger partial charge in [0.25, 0.3) is 0 Å². The first-order valence-electron chi connectivity index (χ1n) is 11.8. The van der Waals surface area contributed by atoms with Gasteiger partial charge in [-0.2, -0.15) is 0 Å². The number of rotatable bonds is 5. The van der Waals surface area contributed by atoms with E-state index in [0.717, 1.165) is 11.3 Å². The molecule has 3 aromatic rings. The Balaban J connectivity index is 1.56. The Morgan fingerprint density at radius 2 is 1.81 bits per heavy atom. The van der Waals surface area contributed by atoms with Crippen molar-refractivity contribution in [1.82, 2.24) is 24.3 Å². The van der Waals surface area contributed by atoms with Gasteiger partial charge in [-0.05, 0) is 44.0 Å². The molecule has 1 fully saturated rings. The predicted octanol–water partition coefficient (Wildman–Crippen LogP) is 3.58. The molecule has 0 spiro atoms. The van der Waals surface area contributed by atoms with E-state index in [2.05, 4.69) is 21.4 Å². The molecule has 0 bridgehead atoms. The van der Waals surface area contributed by atoms with Crippen LogP contribution in [-0.4, -0.2) is 64.0 Å². The molecule has 0 saturated carbocycles. The zero-order chi connectivity index (χ0) is 25.3. The number of aliphatic imine (C=N–C) groups is 1. The molecule has 0 radical (unpaired) electrons. The second kappa shape index (κ2) is 9.90. The van der Waals surface area contributed by atoms with Crippen LogP contribution in [0.3, 0.4) is 0 Å². The Morgan fingerprint density at radius 1 is 1.08 bits per heavy atom. The summed E-state index contributed by atoms with van der Waals surface area (Å²) in [6.07, 6.45) is 8.43. The van der Waals surface area contributed by atoms with Gasteiger partial charge in [0.05, 0.1) is 6.26 Å². The van der Waals surface area contributed by atoms with Gasteiger partial charge in [0.2, 0.25) is 15.9 Å². The van der Waals surface area contributed by atoms with E-state index in [4.69, 9.17) is 9.73 Å². The fourth-order valence-electron chi connectivity index (χ4n) is 4.55. The highest BCUT2D eigenvalue weighted by molar-refractivity contribution is 7.88. The van der Waals surface area contributed by atoms with Crippen LogP contribution in [-0.2, 0) is 14.8 Å². The molecule has 1 aromatic carbocycles. The molecule has 0 unspecified atom stereocenters. The van der Waals surface area contributed by atoms with E-state index in [1.165, 1.54) is 21.3 Å². The lowest BCUT2D eigenvalue weighted by Gasteiger charge is -2.30. The summed E-state index contributed by atoms with van der Waals surface area (Å²) in [5, 5.41) is 8.67. The van der Waals surface area contributed by atoms with Crippen LogP contribution in [0.15, 0.2) is 65.6 Å². The standard InChI is InChI=1S/C25H27FN6O3S/c1-17-7-8-21(18-11-15-31(16-12-18)36(2,33)34)28-25(35-17)23-24(19-9-13-27-14-10-19)32(30-29-23)22-6-4-3-5-20(22)26/h3-6,8-10,13-14,17-18H,7,11-12,15-16H2,1-2H3/t17-/m1/s1. The largest absolute Gasteiger partial charge is 0.473 e. The van der Waals surface area contributed by atoms with Crippen LogP contribution < -0.4 is 0 Å². The van der Waals surface area contributed by atoms with Crippen molar-refractivity contribution in [3.8, 4) is 16.9 Å². The van der Waals surface area contributed by atoms with Crippen molar-refractivity contribution in [1.29, 1.82) is 0 Å². The monoisotopic (exact) mass is 510 g/mol. The molecule has 0 amide bonds. The van der Waals surface area contributed by atoms with Crippen LogP contribution >= 0.6 is 0 Å². The van der Waals surface area contributed by atoms with E-state index in [9.17, 15) is 12.8 Å². The van der Waals surface area contributed by atoms with Gasteiger partial charge in [0.15, 0.2) is 5.69 Å². The summed E-state index contributed by atoms with van der Waals surface area (Å²) in [5.74, 6) is -0.0244. The van der Waals surface area contributed by atoms with Crippen LogP contribution in [0.5, 0.6) is 0 Å². The molecule has 2 aliphatic heterocycles. The smallest absolute Gasteiger partial charge is 0.244 e. The third-order valence-corrected chi connectivity index (χ3v) is 7.75. The SMILES string of the molecule is C[C@@H]1CC=C(C2CCN(S(C)(=O)=O)CC2)N=C(c2nnn(-c3ccccc3F)c2-c2ccncc2)O1. The van der Waals surface area contributed by atoms with Gasteiger partial charge in [0.1, 0.15) is 23.3 Å². The Kier molecular flexibility index (Phi) is 6.67. The summed E-state index contributed by atoms with van der Waals surface area (Å²) in [5.41, 5.74) is 2.79. The average molecular weight is 511 g/mol. The Hall–Kier alpha value is -3.44. The van der Waals surface area contributed by atoms with Crippen LogP contribution in [0.4, 0.5) is 4.39 Å². The molecule has 1 saturated heterocycles. The van der Waals surface area contributed by atoms with E-state index in [0.29, 0.717) is 49.6 Å². The number of halogens is 1. The predicted molar refractivity (Wildman–Crippen MR) is 133 cm³/mol. The maximum atomic E-state index is 14.8. The first-order chi connectivity index (χ1) is 17.3. The first-order valence-corrected chi connectivity index (χ1v) is 13.7. The number of ether oxygens (including phenoxy) is 1. The van der Waals surface area contributed by atoms with Gasteiger partial charge in [0, 0.05) is 49.1 Å². The highest BCUT2D eigenvalue weighted by Crippen LogP contribution is 2.32. The topological polar surface area (TPSA) is 103 Å². The average Bonchev–Trinajstić information content (AvgIpc) is 3.21. The molecule has 36 heavy (non-hydrogen) atoms. The zero-order valence-electron chi connectivity index (χ0n) is 20.1. The molecule has 5 rings (SSSR count). The van der Waals surface area contributed by atoms with Crippen LogP contribution in [0.25, 0.3) is 16.9 Å². The summed E-state index contributed by atoms with van der Waals surface area (Å²) in [6, 6.07) is 9.97. The molecular weight excluding hydrogens is 483 g/mol. The number of piperidine rings is 1. The fraction of sp³-hybridized carbons (Fsp3) is 0.360. The maximum absolute atomic E-state index is 14.8. The lowest BCUT2D eigenvalue weighted by Crippen LogP contribution is -2.38. The van der Waals surface area contributed by atoms with Crippen molar-refractivity contribution in [2.45, 2.75) is 32.3 Å². The first kappa shape index (κ1) is 24.3. The van der Waals surface area contributed by atoms with E-state index in [1.54, 1.807) is 42.7 Å². The summed E-state index contributed by atoms with van der Waals surface area (Å²) in [6.45, 7) is 2.86. The Morgan fingerprint density at radius 3 is 2.50 bits per heavy atom. The number of aromatic nitrogens is 4. The molecular formula is C25H27FN6O3S. The van der Waals surface area contributed by atoms with Crippen LogP contribution in [0.1, 0.15) is 31.9 Å². The molecule has 11 heteroatoms. The summed E-state index contributed by atoms with van der Waals surface area (Å²) in [7, 11) is -3.22. The second-order valence-corrected chi connectivity index (χ2v) is 11.0. The minimum absolute atomic E-state index is 0.0953. The number of hydrogen-bond donors (Lipinski definition) is 0. The van der Waals surface area contributed by atoms with Crippen LogP contribution in [0, 0.1) is 11.7 Å². The number of pyridine rings is 1. The van der Waals surface area contributed by atoms with E-state index >= 15 is 0 Å². The van der Waals surface area contributed by atoms with E-state index in [1.807, 2.05) is 6.92 Å². The van der Waals surface area contributed by atoms with Crippen molar-refractivity contribution < 1.29 is 17.5 Å². The minimum Gasteiger partial charge on any atom is -0.473 e. The van der Waals surface area contributed by atoms with Gasteiger partial charge in [-0.25, -0.2) is 26.8 Å². The number of hydrogen-bond acceptors (Lipinski definition) is 7. The van der Waals surface area contributed by atoms with Crippen molar-refractivity contribution in [2.75, 3.05) is 19.3 Å². The fourth-order valence-corrected chi connectivity index (χ4v) is 5.43. The van der Waals surface area contributed by atoms with Crippen molar-refractivity contribution in [3.05, 3.63) is 72.1 Å². The van der Waals surface area contributed by atoms with Gasteiger partial charge in [-0.3, -0.25) is 4.98 Å². The number of benzene rings is 1. The van der Waals surface area contributed by atoms with Crippen molar-refractivity contribution >= 4 is 15.9 Å². The molecule has 9 nitrogen and oxygen atoms in total. The molecule has 2 aliphatic rings. The third kappa shape index (κ3) is 4.93. The number of para-hydroxylation sites is 1. The molecule has 0 aliphatic carbocycles. The highest BCUT2D eigenvalue weighted by Gasteiger charge is 2.30. The molecule has 188 valence electrons. The summed E-state index contributed by atoms with van der Waals surface area (Å²) in [4.78, 5) is 8.98. The number of nitrogens with zero attached hydrogens (tertiary/aromatic N) is 6. The summed E-state index contributed by atoms with van der Waals surface area (Å²) >= 11 is 0. The van der Waals surface area contributed by atoms with E-state index in [-0.39, 0.29) is 17.7 Å². The Bertz CT molecular complexity index is 1410. The minimum atomic E-state index is -3.22. The quantitative estimate of drug-likeness (QED) is 0.520. The van der Waals surface area contributed by atoms with Gasteiger partial charge < -0.3 is 4.74 Å². The van der Waals surface area contributed by atoms with Gasteiger partial charge in [-0.1, -0.05) is 23.4 Å². The number of sulfonamides is 1. The van der Waals surface area contributed by atoms with Crippen LogP contribution in [0.2, 0.25) is 0 Å². The van der Waals surface area contributed by atoms with Crippen molar-refractivity contribution in [2.24, 2.45) is 10.9 Å². The van der Waals surface area contributed by atoms with E-state index < -0.39 is 15.8 Å². The molecule has 4 heterocycles. The number of allylic oxidation sites excluding steroid dienone is 1. The maximum Gasteiger partial charge on any atom is 0.244 e. The summed E-state index contributed by atoms with van der Waals surface area (Å²) < 4.78 is 47.8. The second-order valence-electron chi connectivity index (χ2n) is 9.03. The van der Waals surface area contributed by atoms with Crippen molar-refractivity contribution in [3.63, 3.8) is 0 Å². The Labute approximate surface area is 209 Å².